The van der Waals surface area contributed by atoms with Crippen LogP contribution in [0.25, 0.3) is 0 Å². The van der Waals surface area contributed by atoms with Crippen LogP contribution in [0.1, 0.15) is 29.4 Å². The molecule has 0 saturated carbocycles. The van der Waals surface area contributed by atoms with E-state index in [-0.39, 0.29) is 11.8 Å². The SMILES string of the molecule is Cc1noc2c1NC(=O)CC(c1cccc(Cl)c1)C2. The molecular formula is C14H13ClN2O2. The number of rotatable bonds is 1. The Morgan fingerprint density at radius 1 is 1.42 bits per heavy atom. The Bertz CT molecular complexity index is 636. The van der Waals surface area contributed by atoms with E-state index in [1.54, 1.807) is 0 Å². The van der Waals surface area contributed by atoms with Crippen molar-refractivity contribution in [3.8, 4) is 0 Å². The molecule has 0 fully saturated rings. The number of nitrogens with zero attached hydrogens (tertiary/aromatic N) is 1. The van der Waals surface area contributed by atoms with Crippen molar-refractivity contribution in [1.82, 2.24) is 5.16 Å². The number of benzene rings is 1. The lowest BCUT2D eigenvalue weighted by atomic mass is 9.92. The topological polar surface area (TPSA) is 55.1 Å². The first-order chi connectivity index (χ1) is 9.13. The average molecular weight is 277 g/mol. The van der Waals surface area contributed by atoms with Gasteiger partial charge in [0.2, 0.25) is 5.91 Å². The fraction of sp³-hybridized carbons (Fsp3) is 0.286. The number of nitrogens with one attached hydrogen (secondary N) is 1. The highest BCUT2D eigenvalue weighted by Gasteiger charge is 2.27. The van der Waals surface area contributed by atoms with Gasteiger partial charge < -0.3 is 9.84 Å². The second-order valence-corrected chi connectivity index (χ2v) is 5.21. The third-order valence-corrected chi connectivity index (χ3v) is 3.62. The Labute approximate surface area is 115 Å². The van der Waals surface area contributed by atoms with Crippen LogP contribution in [0.15, 0.2) is 28.8 Å². The third-order valence-electron chi connectivity index (χ3n) is 3.38. The zero-order valence-corrected chi connectivity index (χ0v) is 11.2. The molecule has 0 aliphatic carbocycles. The Morgan fingerprint density at radius 2 is 2.26 bits per heavy atom. The van der Waals surface area contributed by atoms with Crippen LogP contribution in [-0.4, -0.2) is 11.1 Å². The predicted octanol–water partition coefficient (Wildman–Crippen LogP) is 3.30. The van der Waals surface area contributed by atoms with Crippen LogP contribution in [-0.2, 0) is 11.2 Å². The number of carbonyl (C=O) groups excluding carboxylic acids is 1. The molecule has 1 atom stereocenters. The minimum absolute atomic E-state index is 0.0185. The summed E-state index contributed by atoms with van der Waals surface area (Å²) < 4.78 is 5.30. The van der Waals surface area contributed by atoms with E-state index in [1.807, 2.05) is 31.2 Å². The standard InChI is InChI=1S/C14H13ClN2O2/c1-8-14-12(19-17-8)6-10(7-13(18)16-14)9-3-2-4-11(15)5-9/h2-5,10H,6-7H2,1H3,(H,16,18). The van der Waals surface area contributed by atoms with Crippen LogP contribution in [0, 0.1) is 6.92 Å². The van der Waals surface area contributed by atoms with Crippen LogP contribution < -0.4 is 5.32 Å². The monoisotopic (exact) mass is 276 g/mol. The normalized spacial score (nSPS) is 18.6. The second kappa shape index (κ2) is 4.70. The van der Waals surface area contributed by atoms with Gasteiger partial charge in [0.1, 0.15) is 11.4 Å². The van der Waals surface area contributed by atoms with Gasteiger partial charge in [-0.2, -0.15) is 0 Å². The quantitative estimate of drug-likeness (QED) is 0.869. The van der Waals surface area contributed by atoms with Crippen LogP contribution >= 0.6 is 11.6 Å². The highest BCUT2D eigenvalue weighted by Crippen LogP contribution is 2.33. The van der Waals surface area contributed by atoms with Crippen molar-refractivity contribution in [3.05, 3.63) is 46.3 Å². The number of carbonyl (C=O) groups is 1. The van der Waals surface area contributed by atoms with Crippen molar-refractivity contribution >= 4 is 23.2 Å². The fourth-order valence-electron chi connectivity index (χ4n) is 2.42. The summed E-state index contributed by atoms with van der Waals surface area (Å²) in [5.74, 6) is 0.774. The summed E-state index contributed by atoms with van der Waals surface area (Å²) in [5, 5.41) is 7.44. The van der Waals surface area contributed by atoms with E-state index in [2.05, 4.69) is 10.5 Å². The summed E-state index contributed by atoms with van der Waals surface area (Å²) in [5.41, 5.74) is 2.48. The first-order valence-electron chi connectivity index (χ1n) is 6.14. The van der Waals surface area contributed by atoms with Crippen LogP contribution in [0.3, 0.4) is 0 Å². The smallest absolute Gasteiger partial charge is 0.225 e. The van der Waals surface area contributed by atoms with Crippen molar-refractivity contribution in [2.75, 3.05) is 5.32 Å². The van der Waals surface area contributed by atoms with Gasteiger partial charge >= 0.3 is 0 Å². The largest absolute Gasteiger partial charge is 0.359 e. The number of aryl methyl sites for hydroxylation is 1. The van der Waals surface area contributed by atoms with Crippen molar-refractivity contribution in [2.24, 2.45) is 0 Å². The van der Waals surface area contributed by atoms with Crippen molar-refractivity contribution in [3.63, 3.8) is 0 Å². The minimum Gasteiger partial charge on any atom is -0.359 e. The lowest BCUT2D eigenvalue weighted by molar-refractivity contribution is -0.116. The van der Waals surface area contributed by atoms with E-state index in [0.29, 0.717) is 17.9 Å². The maximum absolute atomic E-state index is 12.0. The summed E-state index contributed by atoms with van der Waals surface area (Å²) in [4.78, 5) is 12.0. The van der Waals surface area contributed by atoms with Crippen molar-refractivity contribution in [2.45, 2.75) is 25.7 Å². The molecule has 1 N–H and O–H groups in total. The Hall–Kier alpha value is -1.81. The Kier molecular flexibility index (Phi) is 3.03. The summed E-state index contributed by atoms with van der Waals surface area (Å²) in [6.07, 6.45) is 1.07. The van der Waals surface area contributed by atoms with Gasteiger partial charge in [0.05, 0.1) is 0 Å². The minimum atomic E-state index is -0.0185. The number of hydrogen-bond donors (Lipinski definition) is 1. The molecule has 98 valence electrons. The van der Waals surface area contributed by atoms with Crippen LogP contribution in [0.2, 0.25) is 5.02 Å². The van der Waals surface area contributed by atoms with E-state index in [1.165, 1.54) is 0 Å². The number of halogens is 1. The average Bonchev–Trinajstić information content (AvgIpc) is 2.61. The van der Waals surface area contributed by atoms with E-state index in [4.69, 9.17) is 16.1 Å². The highest BCUT2D eigenvalue weighted by molar-refractivity contribution is 6.30. The lowest BCUT2D eigenvalue weighted by Gasteiger charge is -2.12. The molecule has 0 radical (unpaired) electrons. The van der Waals surface area contributed by atoms with Gasteiger partial charge in [0, 0.05) is 17.9 Å². The number of anilines is 1. The molecular weight excluding hydrogens is 264 g/mol. The molecule has 1 aliphatic heterocycles. The van der Waals surface area contributed by atoms with Crippen LogP contribution in [0.4, 0.5) is 5.69 Å². The fourth-order valence-corrected chi connectivity index (χ4v) is 2.62. The molecule has 1 aromatic carbocycles. The van der Waals surface area contributed by atoms with Crippen molar-refractivity contribution < 1.29 is 9.32 Å². The lowest BCUT2D eigenvalue weighted by Crippen LogP contribution is -2.13. The van der Waals surface area contributed by atoms with E-state index in [0.717, 1.165) is 22.7 Å². The number of amides is 1. The molecule has 1 aliphatic rings. The molecule has 2 heterocycles. The molecule has 19 heavy (non-hydrogen) atoms. The van der Waals surface area contributed by atoms with E-state index in [9.17, 15) is 4.79 Å². The van der Waals surface area contributed by atoms with E-state index >= 15 is 0 Å². The van der Waals surface area contributed by atoms with Gasteiger partial charge in [0.25, 0.3) is 0 Å². The molecule has 2 aromatic rings. The maximum Gasteiger partial charge on any atom is 0.225 e. The number of fused-ring (bicyclic) bond motifs is 1. The molecule has 0 saturated heterocycles. The molecule has 1 aromatic heterocycles. The second-order valence-electron chi connectivity index (χ2n) is 4.77. The molecule has 3 rings (SSSR count). The molecule has 1 unspecified atom stereocenters. The van der Waals surface area contributed by atoms with Gasteiger partial charge in [-0.05, 0) is 30.5 Å². The summed E-state index contributed by atoms with van der Waals surface area (Å²) >= 11 is 6.01. The van der Waals surface area contributed by atoms with Gasteiger partial charge in [0.15, 0.2) is 5.76 Å². The number of aromatic nitrogens is 1. The van der Waals surface area contributed by atoms with Crippen LogP contribution in [0.5, 0.6) is 0 Å². The Balaban J connectivity index is 1.98. The van der Waals surface area contributed by atoms with Gasteiger partial charge in [-0.25, -0.2) is 0 Å². The zero-order valence-electron chi connectivity index (χ0n) is 10.4. The highest BCUT2D eigenvalue weighted by atomic mass is 35.5. The predicted molar refractivity (Wildman–Crippen MR) is 72.4 cm³/mol. The first-order valence-corrected chi connectivity index (χ1v) is 6.52. The maximum atomic E-state index is 12.0. The zero-order chi connectivity index (χ0) is 13.4. The van der Waals surface area contributed by atoms with E-state index < -0.39 is 0 Å². The molecule has 5 heteroatoms. The molecule has 0 spiro atoms. The van der Waals surface area contributed by atoms with Gasteiger partial charge in [-0.3, -0.25) is 4.79 Å². The summed E-state index contributed by atoms with van der Waals surface area (Å²) in [6, 6.07) is 7.60. The molecule has 4 nitrogen and oxygen atoms in total. The molecule has 1 amide bonds. The Morgan fingerprint density at radius 3 is 3.05 bits per heavy atom. The van der Waals surface area contributed by atoms with Crippen molar-refractivity contribution in [1.29, 1.82) is 0 Å². The molecule has 0 bridgehead atoms. The summed E-state index contributed by atoms with van der Waals surface area (Å²) in [7, 11) is 0. The first kappa shape index (κ1) is 12.2. The third kappa shape index (κ3) is 2.36. The van der Waals surface area contributed by atoms with Gasteiger partial charge in [-0.15, -0.1) is 0 Å². The van der Waals surface area contributed by atoms with Gasteiger partial charge in [-0.1, -0.05) is 28.9 Å². The number of hydrogen-bond acceptors (Lipinski definition) is 3. The summed E-state index contributed by atoms with van der Waals surface area (Å²) in [6.45, 7) is 1.82.